The molecule has 2 N–H and O–H groups in total. The van der Waals surface area contributed by atoms with Crippen molar-refractivity contribution >= 4 is 12.1 Å². The zero-order valence-corrected chi connectivity index (χ0v) is 10.2. The molecule has 98 valence electrons. The summed E-state index contributed by atoms with van der Waals surface area (Å²) in [6.45, 7) is 3.33. The number of rotatable bonds is 2. The van der Waals surface area contributed by atoms with E-state index in [9.17, 15) is 4.79 Å². The average Bonchev–Trinajstić information content (AvgIpc) is 2.81. The second kappa shape index (κ2) is 4.15. The lowest BCUT2D eigenvalue weighted by molar-refractivity contribution is 0.178. The molecule has 1 aliphatic carbocycles. The molecule has 0 spiro atoms. The van der Waals surface area contributed by atoms with Crippen molar-refractivity contribution in [2.75, 3.05) is 18.0 Å². The number of carboxylic acid groups (broad SMARTS) is 1. The molecular formula is C11H16N4O3. The number of anilines is 1. The van der Waals surface area contributed by atoms with E-state index in [2.05, 4.69) is 20.4 Å². The van der Waals surface area contributed by atoms with E-state index in [1.54, 1.807) is 6.92 Å². The monoisotopic (exact) mass is 252 g/mol. The molecule has 7 heteroatoms. The van der Waals surface area contributed by atoms with Gasteiger partial charge in [0.15, 0.2) is 0 Å². The van der Waals surface area contributed by atoms with E-state index in [1.807, 2.05) is 0 Å². The van der Waals surface area contributed by atoms with Crippen LogP contribution >= 0.6 is 0 Å². The number of piperidine rings is 1. The van der Waals surface area contributed by atoms with Gasteiger partial charge in [0.2, 0.25) is 5.89 Å². The van der Waals surface area contributed by atoms with Gasteiger partial charge in [-0.15, -0.1) is 5.10 Å². The summed E-state index contributed by atoms with van der Waals surface area (Å²) in [6.07, 6.45) is 1.18. The Labute approximate surface area is 104 Å². The molecule has 1 saturated heterocycles. The van der Waals surface area contributed by atoms with E-state index in [4.69, 9.17) is 9.52 Å². The SMILES string of the molecule is Cc1nnc(N2C[C@H]3CC[C@@H](C2)[C@@H]3NC(=O)O)o1. The fourth-order valence-electron chi connectivity index (χ4n) is 3.17. The smallest absolute Gasteiger partial charge is 0.404 e. The molecule has 2 fully saturated rings. The van der Waals surface area contributed by atoms with E-state index in [0.29, 0.717) is 23.7 Å². The van der Waals surface area contributed by atoms with Crippen LogP contribution in [0.4, 0.5) is 10.8 Å². The molecule has 3 rings (SSSR count). The molecule has 2 heterocycles. The number of aromatic nitrogens is 2. The van der Waals surface area contributed by atoms with Crippen molar-refractivity contribution in [2.24, 2.45) is 11.8 Å². The Balaban J connectivity index is 1.73. The van der Waals surface area contributed by atoms with Gasteiger partial charge in [0.1, 0.15) is 0 Å². The molecule has 1 aromatic heterocycles. The quantitative estimate of drug-likeness (QED) is 0.811. The number of hydrogen-bond acceptors (Lipinski definition) is 5. The number of fused-ring (bicyclic) bond motifs is 2. The highest BCUT2D eigenvalue weighted by molar-refractivity contribution is 5.65. The minimum Gasteiger partial charge on any atom is -0.465 e. The summed E-state index contributed by atoms with van der Waals surface area (Å²) < 4.78 is 5.43. The first kappa shape index (κ1) is 11.3. The highest BCUT2D eigenvalue weighted by Crippen LogP contribution is 2.38. The zero-order valence-electron chi connectivity index (χ0n) is 10.2. The normalized spacial score (nSPS) is 30.5. The van der Waals surface area contributed by atoms with E-state index in [1.165, 1.54) is 0 Å². The van der Waals surface area contributed by atoms with Gasteiger partial charge >= 0.3 is 12.1 Å². The molecule has 7 nitrogen and oxygen atoms in total. The number of amides is 1. The van der Waals surface area contributed by atoms with E-state index < -0.39 is 6.09 Å². The summed E-state index contributed by atoms with van der Waals surface area (Å²) in [5.74, 6) is 1.24. The van der Waals surface area contributed by atoms with Crippen LogP contribution in [0.1, 0.15) is 18.7 Å². The number of nitrogens with one attached hydrogen (secondary N) is 1. The number of hydrogen-bond donors (Lipinski definition) is 2. The van der Waals surface area contributed by atoms with Gasteiger partial charge in [0.05, 0.1) is 0 Å². The molecule has 2 bridgehead atoms. The van der Waals surface area contributed by atoms with Crippen molar-refractivity contribution in [3.8, 4) is 0 Å². The molecule has 1 saturated carbocycles. The van der Waals surface area contributed by atoms with Gasteiger partial charge in [0.25, 0.3) is 0 Å². The van der Waals surface area contributed by atoms with Crippen LogP contribution in [0, 0.1) is 18.8 Å². The summed E-state index contributed by atoms with van der Waals surface area (Å²) in [7, 11) is 0. The van der Waals surface area contributed by atoms with Gasteiger partial charge in [0, 0.05) is 26.1 Å². The van der Waals surface area contributed by atoms with Crippen molar-refractivity contribution < 1.29 is 14.3 Å². The molecular weight excluding hydrogens is 236 g/mol. The number of carbonyl (C=O) groups is 1. The van der Waals surface area contributed by atoms with Crippen LogP contribution in [-0.2, 0) is 0 Å². The van der Waals surface area contributed by atoms with Crippen LogP contribution in [0.25, 0.3) is 0 Å². The van der Waals surface area contributed by atoms with Crippen LogP contribution in [0.5, 0.6) is 0 Å². The highest BCUT2D eigenvalue weighted by atomic mass is 16.4. The minimum absolute atomic E-state index is 0.0720. The first-order valence-electron chi connectivity index (χ1n) is 6.18. The van der Waals surface area contributed by atoms with Crippen molar-refractivity contribution in [1.29, 1.82) is 0 Å². The van der Waals surface area contributed by atoms with Crippen LogP contribution in [-0.4, -0.2) is 40.5 Å². The average molecular weight is 252 g/mol. The first-order valence-corrected chi connectivity index (χ1v) is 6.18. The minimum atomic E-state index is -0.931. The van der Waals surface area contributed by atoms with Gasteiger partial charge < -0.3 is 19.7 Å². The lowest BCUT2D eigenvalue weighted by atomic mass is 9.92. The second-order valence-electron chi connectivity index (χ2n) is 5.08. The van der Waals surface area contributed by atoms with Crippen molar-refractivity contribution in [2.45, 2.75) is 25.8 Å². The van der Waals surface area contributed by atoms with E-state index >= 15 is 0 Å². The van der Waals surface area contributed by atoms with E-state index in [0.717, 1.165) is 25.9 Å². The lowest BCUT2D eigenvalue weighted by Gasteiger charge is -2.36. The molecule has 0 unspecified atom stereocenters. The topological polar surface area (TPSA) is 91.5 Å². The zero-order chi connectivity index (χ0) is 12.7. The fraction of sp³-hybridized carbons (Fsp3) is 0.727. The molecule has 1 aromatic rings. The largest absolute Gasteiger partial charge is 0.465 e. The van der Waals surface area contributed by atoms with Gasteiger partial charge in [-0.1, -0.05) is 5.10 Å². The summed E-state index contributed by atoms with van der Waals surface area (Å²) in [5.41, 5.74) is 0. The summed E-state index contributed by atoms with van der Waals surface area (Å²) in [4.78, 5) is 12.8. The van der Waals surface area contributed by atoms with Gasteiger partial charge in [-0.25, -0.2) is 4.79 Å². The van der Waals surface area contributed by atoms with Crippen molar-refractivity contribution in [1.82, 2.24) is 15.5 Å². The highest BCUT2D eigenvalue weighted by Gasteiger charge is 2.43. The Morgan fingerprint density at radius 2 is 2.06 bits per heavy atom. The van der Waals surface area contributed by atoms with Gasteiger partial charge in [-0.05, 0) is 24.7 Å². The number of aryl methyl sites for hydroxylation is 1. The molecule has 18 heavy (non-hydrogen) atoms. The summed E-state index contributed by atoms with van der Waals surface area (Å²) in [6, 6.07) is 0.626. The Kier molecular flexibility index (Phi) is 2.61. The Morgan fingerprint density at radius 3 is 2.56 bits per heavy atom. The lowest BCUT2D eigenvalue weighted by Crippen LogP contribution is -2.52. The van der Waals surface area contributed by atoms with Crippen LogP contribution in [0.15, 0.2) is 4.42 Å². The van der Waals surface area contributed by atoms with Gasteiger partial charge in [-0.2, -0.15) is 0 Å². The third-order valence-electron chi connectivity index (χ3n) is 3.91. The second-order valence-corrected chi connectivity index (χ2v) is 5.08. The molecule has 0 radical (unpaired) electrons. The van der Waals surface area contributed by atoms with Crippen molar-refractivity contribution in [3.63, 3.8) is 0 Å². The molecule has 0 aromatic carbocycles. The number of nitrogens with zero attached hydrogens (tertiary/aromatic N) is 3. The standard InChI is InChI=1S/C11H16N4O3/c1-6-13-14-10(18-6)15-4-7-2-3-8(5-15)9(7)12-11(16)17/h7-9,12H,2-5H2,1H3,(H,16,17)/t7-,8+,9-. The Morgan fingerprint density at radius 1 is 1.39 bits per heavy atom. The maximum absolute atomic E-state index is 10.8. The maximum Gasteiger partial charge on any atom is 0.404 e. The van der Waals surface area contributed by atoms with E-state index in [-0.39, 0.29) is 6.04 Å². The third kappa shape index (κ3) is 1.89. The first-order chi connectivity index (χ1) is 8.63. The maximum atomic E-state index is 10.8. The van der Waals surface area contributed by atoms with Gasteiger partial charge in [-0.3, -0.25) is 0 Å². The fourth-order valence-corrected chi connectivity index (χ4v) is 3.17. The predicted octanol–water partition coefficient (Wildman–Crippen LogP) is 0.860. The summed E-state index contributed by atoms with van der Waals surface area (Å²) >= 11 is 0. The molecule has 1 amide bonds. The van der Waals surface area contributed by atoms with Crippen LogP contribution in [0.3, 0.4) is 0 Å². The molecule has 2 aliphatic rings. The molecule has 1 aliphatic heterocycles. The third-order valence-corrected chi connectivity index (χ3v) is 3.91. The molecule has 3 atom stereocenters. The van der Waals surface area contributed by atoms with Crippen LogP contribution < -0.4 is 10.2 Å². The Hall–Kier alpha value is -1.79. The van der Waals surface area contributed by atoms with Crippen LogP contribution in [0.2, 0.25) is 0 Å². The summed E-state index contributed by atoms with van der Waals surface area (Å²) in [5, 5.41) is 19.4. The van der Waals surface area contributed by atoms with Crippen molar-refractivity contribution in [3.05, 3.63) is 5.89 Å². The Bertz CT molecular complexity index is 447. The predicted molar refractivity (Wildman–Crippen MR) is 62.4 cm³/mol.